The first-order chi connectivity index (χ1) is 9.19. The van der Waals surface area contributed by atoms with Crippen LogP contribution in [0.4, 0.5) is 14.5 Å². The normalized spacial score (nSPS) is 10.3. The highest BCUT2D eigenvalue weighted by Crippen LogP contribution is 2.17. The second-order valence-electron chi connectivity index (χ2n) is 4.06. The molecule has 2 aromatic carbocycles. The van der Waals surface area contributed by atoms with E-state index in [9.17, 15) is 8.78 Å². The fraction of sp³-hybridized carbons (Fsp3) is 0.200. The Kier molecular flexibility index (Phi) is 4.34. The van der Waals surface area contributed by atoms with Crippen molar-refractivity contribution >= 4 is 5.69 Å². The molecule has 0 bridgehead atoms. The molecule has 0 atom stereocenters. The molecular formula is C15H15F2NO. The van der Waals surface area contributed by atoms with Crippen molar-refractivity contribution in [2.24, 2.45) is 0 Å². The summed E-state index contributed by atoms with van der Waals surface area (Å²) in [5, 5.41) is 3.04. The zero-order chi connectivity index (χ0) is 13.7. The standard InChI is InChI=1S/C15H15F2NO/c1-2-19-13-5-3-4-11(8-13)10-18-12-6-7-14(16)15(17)9-12/h3-9,18H,2,10H2,1H3. The fourth-order valence-corrected chi connectivity index (χ4v) is 1.72. The Labute approximate surface area is 111 Å². The largest absolute Gasteiger partial charge is 0.494 e. The zero-order valence-electron chi connectivity index (χ0n) is 10.6. The third kappa shape index (κ3) is 3.68. The molecule has 2 nitrogen and oxygen atoms in total. The minimum absolute atomic E-state index is 0.520. The first-order valence-corrected chi connectivity index (χ1v) is 6.09. The van der Waals surface area contributed by atoms with Crippen LogP contribution in [0.3, 0.4) is 0 Å². The molecule has 100 valence electrons. The summed E-state index contributed by atoms with van der Waals surface area (Å²) in [6.45, 7) is 3.05. The van der Waals surface area contributed by atoms with E-state index in [0.29, 0.717) is 18.8 Å². The Hall–Kier alpha value is -2.10. The van der Waals surface area contributed by atoms with Crippen molar-refractivity contribution < 1.29 is 13.5 Å². The van der Waals surface area contributed by atoms with Crippen LogP contribution in [0.5, 0.6) is 5.75 Å². The van der Waals surface area contributed by atoms with Crippen LogP contribution in [0.1, 0.15) is 12.5 Å². The first-order valence-electron chi connectivity index (χ1n) is 6.09. The Balaban J connectivity index is 2.01. The van der Waals surface area contributed by atoms with Gasteiger partial charge in [-0.25, -0.2) is 8.78 Å². The minimum Gasteiger partial charge on any atom is -0.494 e. The fourth-order valence-electron chi connectivity index (χ4n) is 1.72. The maximum absolute atomic E-state index is 13.0. The van der Waals surface area contributed by atoms with Gasteiger partial charge in [0.05, 0.1) is 6.61 Å². The summed E-state index contributed by atoms with van der Waals surface area (Å²) in [6.07, 6.45) is 0. The van der Waals surface area contributed by atoms with E-state index < -0.39 is 11.6 Å². The third-order valence-electron chi connectivity index (χ3n) is 2.63. The number of hydrogen-bond donors (Lipinski definition) is 1. The molecule has 0 saturated heterocycles. The molecule has 2 rings (SSSR count). The van der Waals surface area contributed by atoms with E-state index in [1.165, 1.54) is 6.07 Å². The summed E-state index contributed by atoms with van der Waals surface area (Å²) in [4.78, 5) is 0. The molecule has 0 aliphatic carbocycles. The number of anilines is 1. The number of benzene rings is 2. The van der Waals surface area contributed by atoms with Crippen LogP contribution in [-0.2, 0) is 6.54 Å². The van der Waals surface area contributed by atoms with Gasteiger partial charge in [0.15, 0.2) is 11.6 Å². The predicted octanol–water partition coefficient (Wildman–Crippen LogP) is 3.98. The molecule has 19 heavy (non-hydrogen) atoms. The van der Waals surface area contributed by atoms with Crippen LogP contribution in [0.25, 0.3) is 0 Å². The van der Waals surface area contributed by atoms with Crippen LogP contribution in [0, 0.1) is 11.6 Å². The topological polar surface area (TPSA) is 21.3 Å². The molecule has 0 spiro atoms. The Morgan fingerprint density at radius 3 is 2.63 bits per heavy atom. The average Bonchev–Trinajstić information content (AvgIpc) is 2.41. The summed E-state index contributed by atoms with van der Waals surface area (Å²) >= 11 is 0. The molecule has 0 saturated carbocycles. The highest BCUT2D eigenvalue weighted by atomic mass is 19.2. The van der Waals surface area contributed by atoms with Crippen LogP contribution in [0.2, 0.25) is 0 Å². The summed E-state index contributed by atoms with van der Waals surface area (Å²) in [7, 11) is 0. The molecule has 0 heterocycles. The summed E-state index contributed by atoms with van der Waals surface area (Å²) in [5.74, 6) is -0.899. The lowest BCUT2D eigenvalue weighted by Crippen LogP contribution is -2.01. The average molecular weight is 263 g/mol. The molecule has 0 aliphatic heterocycles. The monoisotopic (exact) mass is 263 g/mol. The van der Waals surface area contributed by atoms with E-state index in [1.54, 1.807) is 0 Å². The number of nitrogens with one attached hydrogen (secondary N) is 1. The maximum Gasteiger partial charge on any atom is 0.160 e. The van der Waals surface area contributed by atoms with Crippen molar-refractivity contribution in [2.75, 3.05) is 11.9 Å². The van der Waals surface area contributed by atoms with E-state index in [-0.39, 0.29) is 0 Å². The Morgan fingerprint density at radius 1 is 1.05 bits per heavy atom. The van der Waals surface area contributed by atoms with Crippen molar-refractivity contribution in [1.29, 1.82) is 0 Å². The highest BCUT2D eigenvalue weighted by Gasteiger charge is 2.02. The van der Waals surface area contributed by atoms with Crippen LogP contribution in [0.15, 0.2) is 42.5 Å². The van der Waals surface area contributed by atoms with Crippen molar-refractivity contribution in [3.8, 4) is 5.75 Å². The van der Waals surface area contributed by atoms with Crippen molar-refractivity contribution in [2.45, 2.75) is 13.5 Å². The van der Waals surface area contributed by atoms with Gasteiger partial charge in [-0.05, 0) is 36.8 Å². The van der Waals surface area contributed by atoms with Gasteiger partial charge >= 0.3 is 0 Å². The van der Waals surface area contributed by atoms with Gasteiger partial charge in [-0.3, -0.25) is 0 Å². The molecule has 0 unspecified atom stereocenters. The van der Waals surface area contributed by atoms with Gasteiger partial charge in [-0.15, -0.1) is 0 Å². The molecule has 1 N–H and O–H groups in total. The Morgan fingerprint density at radius 2 is 1.89 bits per heavy atom. The maximum atomic E-state index is 13.0. The summed E-state index contributed by atoms with van der Waals surface area (Å²) < 4.78 is 31.2. The lowest BCUT2D eigenvalue weighted by molar-refractivity contribution is 0.340. The van der Waals surface area contributed by atoms with E-state index in [1.807, 2.05) is 31.2 Å². The Bertz CT molecular complexity index is 558. The molecule has 0 aliphatic rings. The van der Waals surface area contributed by atoms with Gasteiger partial charge in [0.2, 0.25) is 0 Å². The second-order valence-corrected chi connectivity index (χ2v) is 4.06. The molecule has 0 amide bonds. The van der Waals surface area contributed by atoms with Crippen LogP contribution in [-0.4, -0.2) is 6.61 Å². The third-order valence-corrected chi connectivity index (χ3v) is 2.63. The quantitative estimate of drug-likeness (QED) is 0.881. The smallest absolute Gasteiger partial charge is 0.160 e. The number of hydrogen-bond acceptors (Lipinski definition) is 2. The highest BCUT2D eigenvalue weighted by molar-refractivity contribution is 5.44. The van der Waals surface area contributed by atoms with Crippen molar-refractivity contribution in [3.05, 3.63) is 59.7 Å². The molecule has 0 fully saturated rings. The second kappa shape index (κ2) is 6.18. The molecule has 2 aromatic rings. The summed E-state index contributed by atoms with van der Waals surface area (Å²) in [6, 6.07) is 11.4. The van der Waals surface area contributed by atoms with Gasteiger partial charge in [-0.1, -0.05) is 12.1 Å². The minimum atomic E-state index is -0.854. The summed E-state index contributed by atoms with van der Waals surface area (Å²) in [5.41, 5.74) is 1.55. The SMILES string of the molecule is CCOc1cccc(CNc2ccc(F)c(F)c2)c1. The number of rotatable bonds is 5. The van der Waals surface area contributed by atoms with E-state index in [4.69, 9.17) is 4.74 Å². The lowest BCUT2D eigenvalue weighted by atomic mass is 10.2. The van der Waals surface area contributed by atoms with E-state index in [2.05, 4.69) is 5.32 Å². The van der Waals surface area contributed by atoms with Gasteiger partial charge in [-0.2, -0.15) is 0 Å². The van der Waals surface area contributed by atoms with Gasteiger partial charge in [0, 0.05) is 18.3 Å². The van der Waals surface area contributed by atoms with Crippen molar-refractivity contribution in [1.82, 2.24) is 0 Å². The molecule has 4 heteroatoms. The van der Waals surface area contributed by atoms with Crippen LogP contribution >= 0.6 is 0 Å². The lowest BCUT2D eigenvalue weighted by Gasteiger charge is -2.09. The van der Waals surface area contributed by atoms with Gasteiger partial charge in [0.1, 0.15) is 5.75 Å². The van der Waals surface area contributed by atoms with E-state index in [0.717, 1.165) is 23.4 Å². The first kappa shape index (κ1) is 13.3. The van der Waals surface area contributed by atoms with Gasteiger partial charge in [0.25, 0.3) is 0 Å². The number of halogens is 2. The zero-order valence-corrected chi connectivity index (χ0v) is 10.6. The number of ether oxygens (including phenoxy) is 1. The van der Waals surface area contributed by atoms with Gasteiger partial charge < -0.3 is 10.1 Å². The van der Waals surface area contributed by atoms with E-state index >= 15 is 0 Å². The molecule has 0 aromatic heterocycles. The molecular weight excluding hydrogens is 248 g/mol. The predicted molar refractivity (Wildman–Crippen MR) is 71.3 cm³/mol. The molecule has 0 radical (unpaired) electrons. The van der Waals surface area contributed by atoms with Crippen molar-refractivity contribution in [3.63, 3.8) is 0 Å². The van der Waals surface area contributed by atoms with Crippen LogP contribution < -0.4 is 10.1 Å².